The molecule has 3 rings (SSSR count). The summed E-state index contributed by atoms with van der Waals surface area (Å²) in [7, 11) is 0. The Kier molecular flexibility index (Phi) is 4.85. The van der Waals surface area contributed by atoms with Crippen LogP contribution >= 0.6 is 15.9 Å². The molecule has 1 aromatic heterocycles. The van der Waals surface area contributed by atoms with E-state index in [4.69, 9.17) is 9.15 Å². The van der Waals surface area contributed by atoms with Gasteiger partial charge in [-0.1, -0.05) is 18.2 Å². The van der Waals surface area contributed by atoms with Crippen molar-refractivity contribution < 1.29 is 18.7 Å². The first kappa shape index (κ1) is 16.5. The van der Waals surface area contributed by atoms with Crippen LogP contribution in [0.2, 0.25) is 0 Å². The zero-order valence-corrected chi connectivity index (χ0v) is 14.7. The number of fused-ring (bicyclic) bond motifs is 1. The number of rotatable bonds is 4. The van der Waals surface area contributed by atoms with Gasteiger partial charge in [0, 0.05) is 18.3 Å². The molecule has 0 saturated carbocycles. The SMILES string of the molecule is CC(OC(=O)/C=C/c1ccc(Br)o1)C(=O)N1CCc2ccccc21. The smallest absolute Gasteiger partial charge is 0.331 e. The number of hydrogen-bond donors (Lipinski definition) is 0. The molecule has 1 atom stereocenters. The number of carbonyl (C=O) groups excluding carboxylic acids is 2. The molecule has 2 aromatic rings. The number of amides is 1. The highest BCUT2D eigenvalue weighted by Crippen LogP contribution is 2.28. The van der Waals surface area contributed by atoms with Crippen molar-refractivity contribution in [2.75, 3.05) is 11.4 Å². The van der Waals surface area contributed by atoms with Crippen LogP contribution in [-0.4, -0.2) is 24.5 Å². The lowest BCUT2D eigenvalue weighted by Crippen LogP contribution is -2.38. The van der Waals surface area contributed by atoms with Crippen LogP contribution in [0.25, 0.3) is 6.08 Å². The van der Waals surface area contributed by atoms with Crippen LogP contribution in [0.1, 0.15) is 18.2 Å². The van der Waals surface area contributed by atoms with Gasteiger partial charge in [0.05, 0.1) is 0 Å². The fourth-order valence-electron chi connectivity index (χ4n) is 2.62. The van der Waals surface area contributed by atoms with Gasteiger partial charge in [0.1, 0.15) is 5.76 Å². The molecule has 0 fully saturated rings. The van der Waals surface area contributed by atoms with E-state index >= 15 is 0 Å². The lowest BCUT2D eigenvalue weighted by Gasteiger charge is -2.21. The van der Waals surface area contributed by atoms with E-state index in [0.717, 1.165) is 17.7 Å². The monoisotopic (exact) mass is 389 g/mol. The van der Waals surface area contributed by atoms with Crippen molar-refractivity contribution in [3.8, 4) is 0 Å². The van der Waals surface area contributed by atoms with Gasteiger partial charge >= 0.3 is 5.97 Å². The Morgan fingerprint density at radius 2 is 2.08 bits per heavy atom. The third kappa shape index (κ3) is 3.59. The molecule has 6 heteroatoms. The predicted molar refractivity (Wildman–Crippen MR) is 93.5 cm³/mol. The average molecular weight is 390 g/mol. The van der Waals surface area contributed by atoms with Crippen molar-refractivity contribution in [1.29, 1.82) is 0 Å². The number of ether oxygens (including phenoxy) is 1. The maximum Gasteiger partial charge on any atom is 0.331 e. The molecule has 1 amide bonds. The molecule has 5 nitrogen and oxygen atoms in total. The van der Waals surface area contributed by atoms with Crippen LogP contribution in [0, 0.1) is 0 Å². The number of anilines is 1. The molecular formula is C18H16BrNO4. The summed E-state index contributed by atoms with van der Waals surface area (Å²) >= 11 is 3.18. The molecule has 124 valence electrons. The van der Waals surface area contributed by atoms with E-state index in [0.29, 0.717) is 17.0 Å². The Hall–Kier alpha value is -2.34. The highest BCUT2D eigenvalue weighted by atomic mass is 79.9. The minimum absolute atomic E-state index is 0.220. The maximum absolute atomic E-state index is 12.5. The van der Waals surface area contributed by atoms with E-state index in [-0.39, 0.29) is 5.91 Å². The number of esters is 1. The second-order valence-electron chi connectivity index (χ2n) is 5.42. The van der Waals surface area contributed by atoms with E-state index in [9.17, 15) is 9.59 Å². The molecule has 1 aliphatic rings. The number of furan rings is 1. The Labute approximate surface area is 148 Å². The lowest BCUT2D eigenvalue weighted by atomic mass is 10.2. The van der Waals surface area contributed by atoms with Crippen LogP contribution in [0.3, 0.4) is 0 Å². The molecule has 1 aromatic carbocycles. The van der Waals surface area contributed by atoms with E-state index < -0.39 is 12.1 Å². The molecule has 1 aliphatic heterocycles. The van der Waals surface area contributed by atoms with Gasteiger partial charge < -0.3 is 14.1 Å². The highest BCUT2D eigenvalue weighted by Gasteiger charge is 2.29. The summed E-state index contributed by atoms with van der Waals surface area (Å²) in [4.78, 5) is 26.1. The average Bonchev–Trinajstić information content (AvgIpc) is 3.18. The first-order valence-electron chi connectivity index (χ1n) is 7.58. The van der Waals surface area contributed by atoms with Gasteiger partial charge in [0.15, 0.2) is 10.8 Å². The summed E-state index contributed by atoms with van der Waals surface area (Å²) in [5, 5.41) is 0. The van der Waals surface area contributed by atoms with Gasteiger partial charge in [-0.15, -0.1) is 0 Å². The van der Waals surface area contributed by atoms with Crippen molar-refractivity contribution in [3.05, 3.63) is 58.5 Å². The second kappa shape index (κ2) is 7.05. The topological polar surface area (TPSA) is 59.8 Å². The first-order chi connectivity index (χ1) is 11.5. The number of nitrogens with zero attached hydrogens (tertiary/aromatic N) is 1. The Bertz CT molecular complexity index is 796. The van der Waals surface area contributed by atoms with E-state index in [1.165, 1.54) is 12.2 Å². The summed E-state index contributed by atoms with van der Waals surface area (Å²) in [5.74, 6) is -0.287. The van der Waals surface area contributed by atoms with Gasteiger partial charge in [-0.3, -0.25) is 4.79 Å². The number of halogens is 1. The molecule has 0 aliphatic carbocycles. The number of carbonyl (C=O) groups is 2. The second-order valence-corrected chi connectivity index (χ2v) is 6.20. The van der Waals surface area contributed by atoms with Crippen LogP contribution in [0.15, 0.2) is 51.6 Å². The molecule has 0 bridgehead atoms. The summed E-state index contributed by atoms with van der Waals surface area (Å²) in [6.07, 6.45) is 2.70. The van der Waals surface area contributed by atoms with Gasteiger partial charge in [-0.05, 0) is 59.1 Å². The zero-order chi connectivity index (χ0) is 17.1. The molecular weight excluding hydrogens is 374 g/mol. The molecule has 1 unspecified atom stereocenters. The maximum atomic E-state index is 12.5. The molecule has 2 heterocycles. The number of para-hydroxylation sites is 1. The largest absolute Gasteiger partial charge is 0.450 e. The quantitative estimate of drug-likeness (QED) is 0.592. The predicted octanol–water partition coefficient (Wildman–Crippen LogP) is 3.58. The van der Waals surface area contributed by atoms with Crippen LogP contribution < -0.4 is 4.90 Å². The van der Waals surface area contributed by atoms with Gasteiger partial charge in [-0.2, -0.15) is 0 Å². The minimum Gasteiger partial charge on any atom is -0.450 e. The Balaban J connectivity index is 1.60. The van der Waals surface area contributed by atoms with Crippen molar-refractivity contribution in [2.24, 2.45) is 0 Å². The van der Waals surface area contributed by atoms with Crippen molar-refractivity contribution in [3.63, 3.8) is 0 Å². The van der Waals surface area contributed by atoms with Crippen LogP contribution in [0.5, 0.6) is 0 Å². The van der Waals surface area contributed by atoms with Gasteiger partial charge in [0.2, 0.25) is 0 Å². The summed E-state index contributed by atoms with van der Waals surface area (Å²) in [6, 6.07) is 11.2. The van der Waals surface area contributed by atoms with Gasteiger partial charge in [0.25, 0.3) is 5.91 Å². The molecule has 0 radical (unpaired) electrons. The van der Waals surface area contributed by atoms with E-state index in [1.54, 1.807) is 24.0 Å². The molecule has 0 spiro atoms. The Morgan fingerprint density at radius 3 is 2.83 bits per heavy atom. The standard InChI is InChI=1S/C18H16BrNO4/c1-12(23-17(21)9-7-14-6-8-16(19)24-14)18(22)20-11-10-13-4-2-3-5-15(13)20/h2-9,12H,10-11H2,1H3/b9-7+. The Morgan fingerprint density at radius 1 is 1.29 bits per heavy atom. The van der Waals surface area contributed by atoms with Crippen molar-refractivity contribution >= 4 is 39.6 Å². The molecule has 0 saturated heterocycles. The fraction of sp³-hybridized carbons (Fsp3) is 0.222. The highest BCUT2D eigenvalue weighted by molar-refractivity contribution is 9.10. The molecule has 24 heavy (non-hydrogen) atoms. The normalized spacial score (nSPS) is 14.7. The van der Waals surface area contributed by atoms with Crippen LogP contribution in [0.4, 0.5) is 5.69 Å². The minimum atomic E-state index is -0.850. The zero-order valence-electron chi connectivity index (χ0n) is 13.1. The third-order valence-corrected chi connectivity index (χ3v) is 4.20. The van der Waals surface area contributed by atoms with E-state index in [1.807, 2.05) is 24.3 Å². The summed E-state index contributed by atoms with van der Waals surface area (Å²) in [5.41, 5.74) is 2.02. The lowest BCUT2D eigenvalue weighted by molar-refractivity contribution is -0.149. The molecule has 0 N–H and O–H groups in total. The van der Waals surface area contributed by atoms with E-state index in [2.05, 4.69) is 15.9 Å². The first-order valence-corrected chi connectivity index (χ1v) is 8.37. The van der Waals surface area contributed by atoms with Crippen molar-refractivity contribution in [2.45, 2.75) is 19.4 Å². The van der Waals surface area contributed by atoms with Crippen molar-refractivity contribution in [1.82, 2.24) is 0 Å². The number of hydrogen-bond acceptors (Lipinski definition) is 4. The van der Waals surface area contributed by atoms with Crippen LogP contribution in [-0.2, 0) is 20.7 Å². The summed E-state index contributed by atoms with van der Waals surface area (Å²) < 4.78 is 11.0. The fourth-order valence-corrected chi connectivity index (χ4v) is 2.94. The summed E-state index contributed by atoms with van der Waals surface area (Å²) in [6.45, 7) is 2.19. The number of benzene rings is 1. The van der Waals surface area contributed by atoms with Gasteiger partial charge in [-0.25, -0.2) is 4.79 Å². The third-order valence-electron chi connectivity index (χ3n) is 3.77.